The number of hydrogen-bond acceptors (Lipinski definition) is 5. The molecule has 1 aromatic carbocycles. The first-order valence-corrected chi connectivity index (χ1v) is 10.6. The van der Waals surface area contributed by atoms with Gasteiger partial charge < -0.3 is 10.6 Å². The maximum Gasteiger partial charge on any atom is 0.230 e. The highest BCUT2D eigenvalue weighted by atomic mass is 32.2. The van der Waals surface area contributed by atoms with Gasteiger partial charge in [0.25, 0.3) is 0 Å². The quantitative estimate of drug-likeness (QED) is 0.714. The van der Waals surface area contributed by atoms with E-state index >= 15 is 0 Å². The van der Waals surface area contributed by atoms with Crippen LogP contribution in [0.15, 0.2) is 40.1 Å². The number of thiazole rings is 1. The summed E-state index contributed by atoms with van der Waals surface area (Å²) in [4.78, 5) is 28.8. The molecule has 0 radical (unpaired) electrons. The molecule has 1 heterocycles. The average Bonchev–Trinajstić information content (AvgIpc) is 3.28. The third kappa shape index (κ3) is 5.57. The van der Waals surface area contributed by atoms with Crippen LogP contribution >= 0.6 is 23.1 Å². The summed E-state index contributed by atoms with van der Waals surface area (Å²) in [5.41, 5.74) is 2.08. The molecule has 26 heavy (non-hydrogen) atoms. The van der Waals surface area contributed by atoms with Crippen molar-refractivity contribution in [2.24, 2.45) is 5.92 Å². The maximum absolute atomic E-state index is 12.3. The van der Waals surface area contributed by atoms with Gasteiger partial charge in [0, 0.05) is 29.6 Å². The van der Waals surface area contributed by atoms with Gasteiger partial charge in [0.05, 0.1) is 5.75 Å². The van der Waals surface area contributed by atoms with Gasteiger partial charge in [0.2, 0.25) is 11.8 Å². The Morgan fingerprint density at radius 1 is 1.27 bits per heavy atom. The number of rotatable bonds is 7. The molecule has 1 aromatic heterocycles. The van der Waals surface area contributed by atoms with E-state index in [0.29, 0.717) is 18.7 Å². The van der Waals surface area contributed by atoms with Gasteiger partial charge in [-0.3, -0.25) is 9.59 Å². The molecule has 3 rings (SSSR count). The molecule has 7 heteroatoms. The molecule has 0 saturated heterocycles. The molecular weight excluding hydrogens is 366 g/mol. The Balaban J connectivity index is 1.37. The number of hydrogen-bond donors (Lipinski definition) is 2. The van der Waals surface area contributed by atoms with Gasteiger partial charge in [0.1, 0.15) is 0 Å². The lowest BCUT2D eigenvalue weighted by atomic mass is 10.1. The van der Waals surface area contributed by atoms with Crippen LogP contribution in [0.5, 0.6) is 0 Å². The van der Waals surface area contributed by atoms with E-state index in [4.69, 9.17) is 0 Å². The van der Waals surface area contributed by atoms with Crippen molar-refractivity contribution in [2.75, 3.05) is 5.75 Å². The van der Waals surface area contributed by atoms with E-state index < -0.39 is 0 Å². The number of nitrogens with zero attached hydrogens (tertiary/aromatic N) is 1. The van der Waals surface area contributed by atoms with Gasteiger partial charge in [-0.05, 0) is 31.7 Å². The van der Waals surface area contributed by atoms with Crippen LogP contribution in [0.3, 0.4) is 0 Å². The number of benzene rings is 1. The minimum absolute atomic E-state index is 0.0122. The van der Waals surface area contributed by atoms with Gasteiger partial charge in [-0.1, -0.05) is 42.1 Å². The Hall–Kier alpha value is -1.86. The van der Waals surface area contributed by atoms with E-state index in [1.807, 2.05) is 42.6 Å². The second-order valence-corrected chi connectivity index (χ2v) is 8.60. The third-order valence-corrected chi connectivity index (χ3v) is 6.54. The van der Waals surface area contributed by atoms with Gasteiger partial charge in [-0.2, -0.15) is 0 Å². The van der Waals surface area contributed by atoms with Crippen molar-refractivity contribution in [1.82, 2.24) is 15.6 Å². The second kappa shape index (κ2) is 9.19. The molecule has 0 unspecified atom stereocenters. The topological polar surface area (TPSA) is 71.1 Å². The van der Waals surface area contributed by atoms with Crippen LogP contribution in [-0.4, -0.2) is 28.6 Å². The van der Waals surface area contributed by atoms with Crippen molar-refractivity contribution >= 4 is 34.9 Å². The molecule has 0 bridgehead atoms. The predicted octanol–water partition coefficient (Wildman–Crippen LogP) is 3.14. The monoisotopic (exact) mass is 389 g/mol. The Labute approximate surface area is 162 Å². The standard InChI is InChI=1S/C19H23N3O2S2/c1-13-11-25-19(21-13)26-12-17(23)22-16-8-7-15(9-16)18(24)20-10-14-5-3-2-4-6-14/h2-6,11,15-16H,7-10,12H2,1H3,(H,20,24)(H,22,23)/t15-,16+/m0/s1. The van der Waals surface area contributed by atoms with E-state index in [2.05, 4.69) is 15.6 Å². The number of carbonyl (C=O) groups is 2. The molecule has 1 aliphatic carbocycles. The van der Waals surface area contributed by atoms with Crippen LogP contribution in [0.4, 0.5) is 0 Å². The number of nitrogens with one attached hydrogen (secondary N) is 2. The molecular formula is C19H23N3O2S2. The fourth-order valence-electron chi connectivity index (χ4n) is 3.08. The van der Waals surface area contributed by atoms with Gasteiger partial charge in [-0.25, -0.2) is 4.98 Å². The Morgan fingerprint density at radius 2 is 2.08 bits per heavy atom. The first kappa shape index (κ1) is 18.9. The lowest BCUT2D eigenvalue weighted by Gasteiger charge is -2.13. The van der Waals surface area contributed by atoms with Crippen molar-refractivity contribution in [3.63, 3.8) is 0 Å². The van der Waals surface area contributed by atoms with Crippen molar-refractivity contribution in [1.29, 1.82) is 0 Å². The summed E-state index contributed by atoms with van der Waals surface area (Å²) in [6, 6.07) is 9.98. The van der Waals surface area contributed by atoms with E-state index in [-0.39, 0.29) is 23.8 Å². The Kier molecular flexibility index (Phi) is 6.68. The zero-order valence-electron chi connectivity index (χ0n) is 14.7. The zero-order chi connectivity index (χ0) is 18.4. The van der Waals surface area contributed by atoms with Gasteiger partial charge in [-0.15, -0.1) is 11.3 Å². The zero-order valence-corrected chi connectivity index (χ0v) is 16.4. The first-order chi connectivity index (χ1) is 12.6. The van der Waals surface area contributed by atoms with Crippen LogP contribution in [-0.2, 0) is 16.1 Å². The number of aryl methyl sites for hydroxylation is 1. The van der Waals surface area contributed by atoms with Crippen molar-refractivity contribution in [3.05, 3.63) is 47.0 Å². The number of amides is 2. The first-order valence-electron chi connectivity index (χ1n) is 8.76. The summed E-state index contributed by atoms with van der Waals surface area (Å²) >= 11 is 3.02. The minimum atomic E-state index is -0.0155. The minimum Gasteiger partial charge on any atom is -0.353 e. The molecule has 2 atom stereocenters. The highest BCUT2D eigenvalue weighted by Crippen LogP contribution is 2.26. The SMILES string of the molecule is Cc1csc(SCC(=O)N[C@@H]2CC[C@H](C(=O)NCc3ccccc3)C2)n1. The van der Waals surface area contributed by atoms with Crippen molar-refractivity contribution < 1.29 is 9.59 Å². The van der Waals surface area contributed by atoms with Gasteiger partial charge in [0.15, 0.2) is 4.34 Å². The Bertz CT molecular complexity index is 748. The van der Waals surface area contributed by atoms with Crippen LogP contribution < -0.4 is 10.6 Å². The summed E-state index contributed by atoms with van der Waals surface area (Å²) < 4.78 is 0.919. The lowest BCUT2D eigenvalue weighted by molar-refractivity contribution is -0.125. The van der Waals surface area contributed by atoms with E-state index in [1.54, 1.807) is 11.3 Å². The fourth-order valence-corrected chi connectivity index (χ4v) is 4.74. The summed E-state index contributed by atoms with van der Waals surface area (Å²) in [5.74, 6) is 0.448. The highest BCUT2D eigenvalue weighted by Gasteiger charge is 2.30. The largest absolute Gasteiger partial charge is 0.353 e. The van der Waals surface area contributed by atoms with Crippen LogP contribution in [0.25, 0.3) is 0 Å². The van der Waals surface area contributed by atoms with Crippen LogP contribution in [0.1, 0.15) is 30.5 Å². The molecule has 138 valence electrons. The van der Waals surface area contributed by atoms with E-state index in [1.165, 1.54) is 11.8 Å². The Morgan fingerprint density at radius 3 is 2.81 bits per heavy atom. The van der Waals surface area contributed by atoms with Gasteiger partial charge >= 0.3 is 0 Å². The fraction of sp³-hybridized carbons (Fsp3) is 0.421. The molecule has 2 N–H and O–H groups in total. The third-order valence-electron chi connectivity index (χ3n) is 4.40. The smallest absolute Gasteiger partial charge is 0.230 e. The number of carbonyl (C=O) groups excluding carboxylic acids is 2. The maximum atomic E-state index is 12.3. The van der Waals surface area contributed by atoms with Crippen LogP contribution in [0, 0.1) is 12.8 Å². The summed E-state index contributed by atoms with van der Waals surface area (Å²) in [6.45, 7) is 2.50. The summed E-state index contributed by atoms with van der Waals surface area (Å²) in [5, 5.41) is 8.03. The second-order valence-electron chi connectivity index (χ2n) is 6.52. The lowest BCUT2D eigenvalue weighted by Crippen LogP contribution is -2.35. The molecule has 0 aliphatic heterocycles. The molecule has 1 saturated carbocycles. The van der Waals surface area contributed by atoms with E-state index in [0.717, 1.165) is 28.4 Å². The summed E-state index contributed by atoms with van der Waals surface area (Å²) in [7, 11) is 0. The average molecular weight is 390 g/mol. The highest BCUT2D eigenvalue weighted by molar-refractivity contribution is 8.01. The number of aromatic nitrogens is 1. The molecule has 2 amide bonds. The predicted molar refractivity (Wildman–Crippen MR) is 105 cm³/mol. The normalized spacial score (nSPS) is 19.3. The molecule has 1 aliphatic rings. The van der Waals surface area contributed by atoms with Crippen LogP contribution in [0.2, 0.25) is 0 Å². The van der Waals surface area contributed by atoms with Crippen molar-refractivity contribution in [3.8, 4) is 0 Å². The molecule has 5 nitrogen and oxygen atoms in total. The molecule has 2 aromatic rings. The van der Waals surface area contributed by atoms with Crippen molar-refractivity contribution in [2.45, 2.75) is 43.1 Å². The molecule has 0 spiro atoms. The molecule has 1 fully saturated rings. The van der Waals surface area contributed by atoms with E-state index in [9.17, 15) is 9.59 Å². The summed E-state index contributed by atoms with van der Waals surface area (Å²) in [6.07, 6.45) is 2.40. The number of thioether (sulfide) groups is 1.